The maximum absolute atomic E-state index is 9.50. The molecule has 0 spiro atoms. The van der Waals surface area contributed by atoms with Crippen LogP contribution in [0.5, 0.6) is 5.75 Å². The molecule has 6 nitrogen and oxygen atoms in total. The summed E-state index contributed by atoms with van der Waals surface area (Å²) >= 11 is 0. The zero-order valence-electron chi connectivity index (χ0n) is 11.2. The maximum atomic E-state index is 9.50. The van der Waals surface area contributed by atoms with E-state index in [9.17, 15) is 5.11 Å². The van der Waals surface area contributed by atoms with Gasteiger partial charge in [0.05, 0.1) is 19.3 Å². The first kappa shape index (κ1) is 13.1. The zero-order valence-corrected chi connectivity index (χ0v) is 11.2. The van der Waals surface area contributed by atoms with Gasteiger partial charge in [-0.25, -0.2) is 0 Å². The van der Waals surface area contributed by atoms with Gasteiger partial charge in [-0.1, -0.05) is 23.4 Å². The predicted octanol–water partition coefficient (Wildman–Crippen LogP) is 1.06. The summed E-state index contributed by atoms with van der Waals surface area (Å²) < 4.78 is 10.6. The van der Waals surface area contributed by atoms with Gasteiger partial charge in [-0.05, 0) is 12.5 Å². The maximum Gasteiger partial charge on any atom is 0.243 e. The van der Waals surface area contributed by atoms with E-state index in [4.69, 9.17) is 9.26 Å². The Bertz CT molecular complexity index is 585. The highest BCUT2D eigenvalue weighted by molar-refractivity contribution is 5.35. The highest BCUT2D eigenvalue weighted by Gasteiger charge is 2.28. The number of ether oxygens (including phenoxy) is 1. The predicted molar refractivity (Wildman–Crippen MR) is 71.5 cm³/mol. The summed E-state index contributed by atoms with van der Waals surface area (Å²) in [5, 5.41) is 16.6. The van der Waals surface area contributed by atoms with Crippen LogP contribution in [0, 0.1) is 0 Å². The SMILES string of the molecule is COc1ccccc1Cc1noc([C@@H]2CC(O)CN2)n1. The lowest BCUT2D eigenvalue weighted by Crippen LogP contribution is -2.15. The van der Waals surface area contributed by atoms with Crippen molar-refractivity contribution < 1.29 is 14.4 Å². The van der Waals surface area contributed by atoms with E-state index in [0.717, 1.165) is 11.3 Å². The number of benzene rings is 1. The number of nitrogens with zero attached hydrogens (tertiary/aromatic N) is 2. The molecule has 3 rings (SSSR count). The van der Waals surface area contributed by atoms with E-state index in [1.807, 2.05) is 24.3 Å². The molecule has 1 saturated heterocycles. The number of aliphatic hydroxyl groups excluding tert-OH is 1. The van der Waals surface area contributed by atoms with Crippen LogP contribution in [0.2, 0.25) is 0 Å². The van der Waals surface area contributed by atoms with Crippen LogP contribution in [0.15, 0.2) is 28.8 Å². The fraction of sp³-hybridized carbons (Fsp3) is 0.429. The molecule has 1 fully saturated rings. The molecule has 1 aliphatic rings. The molecule has 0 aliphatic carbocycles. The minimum atomic E-state index is -0.343. The van der Waals surface area contributed by atoms with Crippen molar-refractivity contribution in [3.05, 3.63) is 41.5 Å². The van der Waals surface area contributed by atoms with Crippen molar-refractivity contribution in [2.45, 2.75) is 25.0 Å². The minimum absolute atomic E-state index is 0.0519. The number of aliphatic hydroxyl groups is 1. The van der Waals surface area contributed by atoms with Gasteiger partial charge >= 0.3 is 0 Å². The molecule has 1 unspecified atom stereocenters. The Morgan fingerprint density at radius 1 is 1.45 bits per heavy atom. The molecule has 20 heavy (non-hydrogen) atoms. The monoisotopic (exact) mass is 275 g/mol. The lowest BCUT2D eigenvalue weighted by atomic mass is 10.1. The van der Waals surface area contributed by atoms with Crippen LogP contribution in [-0.2, 0) is 6.42 Å². The third-order valence-corrected chi connectivity index (χ3v) is 3.43. The molecule has 0 radical (unpaired) electrons. The van der Waals surface area contributed by atoms with Crippen molar-refractivity contribution in [3.63, 3.8) is 0 Å². The molecule has 106 valence electrons. The third kappa shape index (κ3) is 2.66. The molecule has 1 aliphatic heterocycles. The van der Waals surface area contributed by atoms with E-state index in [2.05, 4.69) is 15.5 Å². The number of hydrogen-bond donors (Lipinski definition) is 2. The summed E-state index contributed by atoms with van der Waals surface area (Å²) in [6, 6.07) is 7.71. The van der Waals surface area contributed by atoms with Crippen LogP contribution in [0.1, 0.15) is 29.7 Å². The van der Waals surface area contributed by atoms with Crippen LogP contribution in [-0.4, -0.2) is 35.0 Å². The summed E-state index contributed by atoms with van der Waals surface area (Å²) in [6.07, 6.45) is 0.823. The number of methoxy groups -OCH3 is 1. The van der Waals surface area contributed by atoms with Crippen LogP contribution in [0.25, 0.3) is 0 Å². The van der Waals surface area contributed by atoms with Gasteiger partial charge in [-0.15, -0.1) is 0 Å². The van der Waals surface area contributed by atoms with E-state index in [0.29, 0.717) is 31.1 Å². The normalized spacial score (nSPS) is 22.1. The first-order chi connectivity index (χ1) is 9.76. The standard InChI is InChI=1S/C14H17N3O3/c1-19-12-5-3-2-4-9(12)6-13-16-14(20-17-13)11-7-10(18)8-15-11/h2-5,10-11,15,18H,6-8H2,1H3/t10?,11-/m0/s1. The minimum Gasteiger partial charge on any atom is -0.496 e. The van der Waals surface area contributed by atoms with Crippen molar-refractivity contribution >= 4 is 0 Å². The van der Waals surface area contributed by atoms with Crippen molar-refractivity contribution in [2.75, 3.05) is 13.7 Å². The van der Waals surface area contributed by atoms with E-state index in [1.54, 1.807) is 7.11 Å². The Labute approximate surface area is 116 Å². The molecule has 0 saturated carbocycles. The molecule has 2 heterocycles. The Balaban J connectivity index is 1.74. The van der Waals surface area contributed by atoms with Gasteiger partial charge in [0.1, 0.15) is 5.75 Å². The van der Waals surface area contributed by atoms with Crippen molar-refractivity contribution in [2.24, 2.45) is 0 Å². The summed E-state index contributed by atoms with van der Waals surface area (Å²) in [6.45, 7) is 0.564. The third-order valence-electron chi connectivity index (χ3n) is 3.43. The molecule has 2 aromatic rings. The van der Waals surface area contributed by atoms with E-state index in [1.165, 1.54) is 0 Å². The second kappa shape index (κ2) is 5.60. The Hall–Kier alpha value is -1.92. The summed E-state index contributed by atoms with van der Waals surface area (Å²) in [4.78, 5) is 4.39. The first-order valence-corrected chi connectivity index (χ1v) is 6.62. The quantitative estimate of drug-likeness (QED) is 0.868. The smallest absolute Gasteiger partial charge is 0.243 e. The second-order valence-electron chi connectivity index (χ2n) is 4.89. The number of β-amino-alcohol motifs (C(OH)–C–C–N with tert-alkyl or cyclic N) is 1. The second-order valence-corrected chi connectivity index (χ2v) is 4.89. The van der Waals surface area contributed by atoms with Gasteiger partial charge in [-0.2, -0.15) is 4.98 Å². The average Bonchev–Trinajstić information content (AvgIpc) is 3.08. The first-order valence-electron chi connectivity index (χ1n) is 6.62. The van der Waals surface area contributed by atoms with Crippen molar-refractivity contribution in [1.82, 2.24) is 15.5 Å². The molecule has 0 bridgehead atoms. The van der Waals surface area contributed by atoms with Crippen molar-refractivity contribution in [3.8, 4) is 5.75 Å². The molecule has 1 aromatic carbocycles. The number of rotatable bonds is 4. The van der Waals surface area contributed by atoms with Crippen LogP contribution < -0.4 is 10.1 Å². The molecular weight excluding hydrogens is 258 g/mol. The van der Waals surface area contributed by atoms with E-state index >= 15 is 0 Å². The molecule has 0 amide bonds. The van der Waals surface area contributed by atoms with Crippen LogP contribution in [0.4, 0.5) is 0 Å². The number of nitrogens with one attached hydrogen (secondary N) is 1. The lowest BCUT2D eigenvalue weighted by Gasteiger charge is -2.05. The van der Waals surface area contributed by atoms with Crippen LogP contribution >= 0.6 is 0 Å². The summed E-state index contributed by atoms with van der Waals surface area (Å²) in [5.74, 6) is 1.97. The Morgan fingerprint density at radius 2 is 2.30 bits per heavy atom. The Kier molecular flexibility index (Phi) is 3.66. The van der Waals surface area contributed by atoms with Gasteiger partial charge in [0.15, 0.2) is 5.82 Å². The number of para-hydroxylation sites is 1. The van der Waals surface area contributed by atoms with Gasteiger partial charge in [0.2, 0.25) is 5.89 Å². The lowest BCUT2D eigenvalue weighted by molar-refractivity contribution is 0.191. The largest absolute Gasteiger partial charge is 0.496 e. The van der Waals surface area contributed by atoms with Gasteiger partial charge in [-0.3, -0.25) is 0 Å². The molecular formula is C14H17N3O3. The highest BCUT2D eigenvalue weighted by atomic mass is 16.5. The molecule has 1 aromatic heterocycles. The fourth-order valence-electron chi connectivity index (χ4n) is 2.41. The zero-order chi connectivity index (χ0) is 13.9. The highest BCUT2D eigenvalue weighted by Crippen LogP contribution is 2.24. The number of aromatic nitrogens is 2. The fourth-order valence-corrected chi connectivity index (χ4v) is 2.41. The Morgan fingerprint density at radius 3 is 3.05 bits per heavy atom. The van der Waals surface area contributed by atoms with Crippen molar-refractivity contribution in [1.29, 1.82) is 0 Å². The van der Waals surface area contributed by atoms with E-state index in [-0.39, 0.29) is 12.1 Å². The topological polar surface area (TPSA) is 80.4 Å². The summed E-state index contributed by atoms with van der Waals surface area (Å²) in [5.41, 5.74) is 1.02. The van der Waals surface area contributed by atoms with Crippen LogP contribution in [0.3, 0.4) is 0 Å². The summed E-state index contributed by atoms with van der Waals surface area (Å²) in [7, 11) is 1.64. The van der Waals surface area contributed by atoms with Gasteiger partial charge in [0, 0.05) is 18.5 Å². The van der Waals surface area contributed by atoms with Gasteiger partial charge < -0.3 is 19.7 Å². The molecule has 6 heteroatoms. The van der Waals surface area contributed by atoms with Gasteiger partial charge in [0.25, 0.3) is 0 Å². The number of hydrogen-bond acceptors (Lipinski definition) is 6. The average molecular weight is 275 g/mol. The molecule has 2 N–H and O–H groups in total. The molecule has 2 atom stereocenters. The van der Waals surface area contributed by atoms with E-state index < -0.39 is 0 Å².